The molecule has 0 aliphatic carbocycles. The van der Waals surface area contributed by atoms with Crippen LogP contribution in [0.15, 0.2) is 42.5 Å². The molecule has 1 saturated heterocycles. The summed E-state index contributed by atoms with van der Waals surface area (Å²) >= 11 is 0. The first-order chi connectivity index (χ1) is 9.65. The first-order valence-corrected chi connectivity index (χ1v) is 7.11. The number of nitrogens with two attached hydrogens (primary N) is 1. The maximum atomic E-state index is 5.78. The van der Waals surface area contributed by atoms with E-state index in [1.165, 1.54) is 27.8 Å². The molecule has 2 heteroatoms. The molecule has 0 aromatic heterocycles. The van der Waals surface area contributed by atoms with Crippen LogP contribution in [0.4, 0.5) is 0 Å². The van der Waals surface area contributed by atoms with Gasteiger partial charge in [0.05, 0.1) is 18.6 Å². The summed E-state index contributed by atoms with van der Waals surface area (Å²) in [5.74, 6) is 0. The molecule has 2 N–H and O–H groups in total. The fraction of sp³-hybridized carbons (Fsp3) is 0.333. The second-order valence-electron chi connectivity index (χ2n) is 5.80. The van der Waals surface area contributed by atoms with Gasteiger partial charge < -0.3 is 10.5 Å². The van der Waals surface area contributed by atoms with Gasteiger partial charge in [0.25, 0.3) is 0 Å². The highest BCUT2D eigenvalue weighted by molar-refractivity contribution is 5.47. The lowest BCUT2D eigenvalue weighted by atomic mass is 9.71. The van der Waals surface area contributed by atoms with Gasteiger partial charge in [-0.2, -0.15) is 0 Å². The highest BCUT2D eigenvalue weighted by atomic mass is 16.5. The van der Waals surface area contributed by atoms with E-state index < -0.39 is 0 Å². The van der Waals surface area contributed by atoms with Crippen molar-refractivity contribution in [3.05, 3.63) is 70.3 Å². The molecule has 1 heterocycles. The summed E-state index contributed by atoms with van der Waals surface area (Å²) in [5, 5.41) is 0. The van der Waals surface area contributed by atoms with Gasteiger partial charge in [-0.15, -0.1) is 0 Å². The molecule has 0 atom stereocenters. The third-order valence-corrected chi connectivity index (χ3v) is 4.32. The van der Waals surface area contributed by atoms with Crippen LogP contribution in [0.3, 0.4) is 0 Å². The Bertz CT molecular complexity index is 629. The summed E-state index contributed by atoms with van der Waals surface area (Å²) in [6.07, 6.45) is 0. The molecule has 0 bridgehead atoms. The number of ether oxygens (including phenoxy) is 1. The lowest BCUT2D eigenvalue weighted by molar-refractivity contribution is -0.0383. The van der Waals surface area contributed by atoms with Crippen molar-refractivity contribution in [2.24, 2.45) is 5.73 Å². The van der Waals surface area contributed by atoms with Crippen LogP contribution < -0.4 is 5.73 Å². The van der Waals surface area contributed by atoms with Crippen molar-refractivity contribution >= 4 is 0 Å². The van der Waals surface area contributed by atoms with Crippen molar-refractivity contribution in [1.29, 1.82) is 0 Å². The van der Waals surface area contributed by atoms with Crippen LogP contribution >= 0.6 is 0 Å². The van der Waals surface area contributed by atoms with Crippen LogP contribution in [0.5, 0.6) is 0 Å². The monoisotopic (exact) mass is 267 g/mol. The second kappa shape index (κ2) is 5.04. The van der Waals surface area contributed by atoms with E-state index in [4.69, 9.17) is 10.5 Å². The predicted octanol–water partition coefficient (Wildman–Crippen LogP) is 3.08. The number of benzene rings is 2. The number of hydrogen-bond acceptors (Lipinski definition) is 2. The van der Waals surface area contributed by atoms with Crippen LogP contribution in [-0.4, -0.2) is 13.2 Å². The highest BCUT2D eigenvalue weighted by Gasteiger charge is 2.43. The van der Waals surface area contributed by atoms with Crippen LogP contribution in [0.1, 0.15) is 27.8 Å². The topological polar surface area (TPSA) is 35.2 Å². The molecular weight excluding hydrogens is 246 g/mol. The van der Waals surface area contributed by atoms with E-state index in [9.17, 15) is 0 Å². The molecule has 1 aliphatic heterocycles. The summed E-state index contributed by atoms with van der Waals surface area (Å²) < 4.78 is 5.58. The molecule has 3 rings (SSSR count). The van der Waals surface area contributed by atoms with Gasteiger partial charge in [0.1, 0.15) is 0 Å². The van der Waals surface area contributed by atoms with Crippen LogP contribution in [0, 0.1) is 13.8 Å². The van der Waals surface area contributed by atoms with E-state index in [0.29, 0.717) is 6.54 Å². The number of aryl methyl sites for hydroxylation is 2. The molecule has 2 aromatic carbocycles. The Morgan fingerprint density at radius 2 is 1.90 bits per heavy atom. The normalized spacial score (nSPS) is 16.8. The molecule has 0 radical (unpaired) electrons. The van der Waals surface area contributed by atoms with Gasteiger partial charge in [0.2, 0.25) is 0 Å². The molecule has 0 saturated carbocycles. The minimum absolute atomic E-state index is 0.00127. The van der Waals surface area contributed by atoms with E-state index in [1.54, 1.807) is 0 Å². The first-order valence-electron chi connectivity index (χ1n) is 7.11. The molecule has 1 aliphatic rings. The number of hydrogen-bond donors (Lipinski definition) is 1. The molecule has 0 amide bonds. The zero-order valence-electron chi connectivity index (χ0n) is 12.1. The van der Waals surface area contributed by atoms with E-state index in [1.807, 2.05) is 0 Å². The summed E-state index contributed by atoms with van der Waals surface area (Å²) in [6.45, 7) is 6.42. The minimum Gasteiger partial charge on any atom is -0.379 e. The Morgan fingerprint density at radius 3 is 2.55 bits per heavy atom. The average Bonchev–Trinajstić information content (AvgIpc) is 2.42. The Labute approximate surface area is 120 Å². The second-order valence-corrected chi connectivity index (χ2v) is 5.80. The lowest BCUT2D eigenvalue weighted by Gasteiger charge is -2.43. The average molecular weight is 267 g/mol. The maximum Gasteiger partial charge on any atom is 0.0672 e. The van der Waals surface area contributed by atoms with Crippen LogP contribution in [0.25, 0.3) is 0 Å². The molecule has 0 spiro atoms. The molecule has 104 valence electrons. The predicted molar refractivity (Wildman–Crippen MR) is 81.8 cm³/mol. The largest absolute Gasteiger partial charge is 0.379 e. The lowest BCUT2D eigenvalue weighted by Crippen LogP contribution is -2.48. The molecule has 0 unspecified atom stereocenters. The van der Waals surface area contributed by atoms with Crippen LogP contribution in [0.2, 0.25) is 0 Å². The zero-order chi connectivity index (χ0) is 14.2. The molecule has 2 nitrogen and oxygen atoms in total. The van der Waals surface area contributed by atoms with Crippen molar-refractivity contribution in [2.45, 2.75) is 25.8 Å². The first kappa shape index (κ1) is 13.3. The van der Waals surface area contributed by atoms with Gasteiger partial charge in [-0.05, 0) is 36.1 Å². The third kappa shape index (κ3) is 2.05. The van der Waals surface area contributed by atoms with E-state index >= 15 is 0 Å². The fourth-order valence-corrected chi connectivity index (χ4v) is 3.03. The van der Waals surface area contributed by atoms with Crippen LogP contribution in [-0.2, 0) is 16.7 Å². The quantitative estimate of drug-likeness (QED) is 0.927. The van der Waals surface area contributed by atoms with Gasteiger partial charge in [-0.3, -0.25) is 0 Å². The van der Waals surface area contributed by atoms with Crippen molar-refractivity contribution in [3.63, 3.8) is 0 Å². The standard InChI is InChI=1S/C18H21NO/c1-13-6-7-14(2)17(8-13)18(11-20-12-18)16-5-3-4-15(9-16)10-19/h3-9H,10-12,19H2,1-2H3. The fourth-order valence-electron chi connectivity index (χ4n) is 3.03. The summed E-state index contributed by atoms with van der Waals surface area (Å²) in [7, 11) is 0. The van der Waals surface area contributed by atoms with Crippen molar-refractivity contribution < 1.29 is 4.74 Å². The zero-order valence-corrected chi connectivity index (χ0v) is 12.1. The highest BCUT2D eigenvalue weighted by Crippen LogP contribution is 2.41. The van der Waals surface area contributed by atoms with Crippen molar-refractivity contribution in [2.75, 3.05) is 13.2 Å². The van der Waals surface area contributed by atoms with Gasteiger partial charge >= 0.3 is 0 Å². The van der Waals surface area contributed by atoms with Crippen molar-refractivity contribution in [1.82, 2.24) is 0 Å². The summed E-state index contributed by atoms with van der Waals surface area (Å²) in [6, 6.07) is 15.3. The Morgan fingerprint density at radius 1 is 1.10 bits per heavy atom. The molecule has 20 heavy (non-hydrogen) atoms. The Balaban J connectivity index is 2.13. The van der Waals surface area contributed by atoms with Crippen molar-refractivity contribution in [3.8, 4) is 0 Å². The van der Waals surface area contributed by atoms with Gasteiger partial charge in [-0.25, -0.2) is 0 Å². The van der Waals surface area contributed by atoms with Gasteiger partial charge in [-0.1, -0.05) is 48.0 Å². The summed E-state index contributed by atoms with van der Waals surface area (Å²) in [5.41, 5.74) is 12.3. The Kier molecular flexibility index (Phi) is 3.36. The third-order valence-electron chi connectivity index (χ3n) is 4.32. The summed E-state index contributed by atoms with van der Waals surface area (Å²) in [4.78, 5) is 0. The van der Waals surface area contributed by atoms with E-state index in [-0.39, 0.29) is 5.41 Å². The molecule has 2 aromatic rings. The molecule has 1 fully saturated rings. The van der Waals surface area contributed by atoms with Gasteiger partial charge in [0.15, 0.2) is 0 Å². The SMILES string of the molecule is Cc1ccc(C)c(C2(c3cccc(CN)c3)COC2)c1. The van der Waals surface area contributed by atoms with E-state index in [0.717, 1.165) is 13.2 Å². The van der Waals surface area contributed by atoms with Gasteiger partial charge in [0, 0.05) is 6.54 Å². The Hall–Kier alpha value is -1.64. The van der Waals surface area contributed by atoms with E-state index in [2.05, 4.69) is 56.3 Å². The minimum atomic E-state index is 0.00127. The maximum absolute atomic E-state index is 5.78. The molecular formula is C18H21NO. The number of rotatable bonds is 3. The smallest absolute Gasteiger partial charge is 0.0672 e.